The summed E-state index contributed by atoms with van der Waals surface area (Å²) in [5, 5.41) is 12.7. The fraction of sp³-hybridized carbons (Fsp3) is 0.294. The number of piperidine rings is 1. The minimum atomic E-state index is -4.07. The maximum Gasteiger partial charge on any atom is 0.301 e. The van der Waals surface area contributed by atoms with E-state index in [2.05, 4.69) is 32.6 Å². The number of aliphatic hydroxyl groups is 1. The number of hydrogen-bond donors (Lipinski definition) is 3. The Morgan fingerprint density at radius 3 is 2.61 bits per heavy atom. The van der Waals surface area contributed by atoms with Gasteiger partial charge in [-0.3, -0.25) is 4.72 Å². The Bertz CT molecular complexity index is 994. The van der Waals surface area contributed by atoms with Gasteiger partial charge < -0.3 is 10.4 Å². The number of hydrogen-bond acceptors (Lipinski definition) is 4. The van der Waals surface area contributed by atoms with Crippen molar-refractivity contribution in [2.24, 2.45) is 0 Å². The van der Waals surface area contributed by atoms with Crippen molar-refractivity contribution in [2.75, 3.05) is 23.1 Å². The summed E-state index contributed by atoms with van der Waals surface area (Å²) >= 11 is 8.19. The average Bonchev–Trinajstić information content (AvgIpc) is 2.63. The van der Waals surface area contributed by atoms with Crippen LogP contribution in [-0.4, -0.2) is 37.0 Å². The molecule has 1 unspecified atom stereocenters. The minimum absolute atomic E-state index is 0.0648. The van der Waals surface area contributed by atoms with Crippen LogP contribution in [0.2, 0.25) is 5.02 Å². The lowest BCUT2D eigenvalue weighted by atomic mass is 10.1. The molecule has 28 heavy (non-hydrogen) atoms. The van der Waals surface area contributed by atoms with Crippen LogP contribution in [0.4, 0.5) is 25.8 Å². The number of aliphatic hydroxyl groups excluding tert-OH is 1. The van der Waals surface area contributed by atoms with Crippen LogP contribution >= 0.6 is 34.2 Å². The molecule has 2 aromatic carbocycles. The highest BCUT2D eigenvalue weighted by Crippen LogP contribution is 2.34. The van der Waals surface area contributed by atoms with Crippen molar-refractivity contribution in [1.29, 1.82) is 0 Å². The lowest BCUT2D eigenvalue weighted by Gasteiger charge is -2.29. The summed E-state index contributed by atoms with van der Waals surface area (Å²) in [6, 6.07) is 6.87. The number of nitrogens with one attached hydrogen (secondary N) is 2. The first kappa shape index (κ1) is 21.5. The van der Waals surface area contributed by atoms with E-state index in [9.17, 15) is 22.3 Å². The third-order valence-electron chi connectivity index (χ3n) is 4.22. The monoisotopic (exact) mass is 543 g/mol. The highest BCUT2D eigenvalue weighted by Gasteiger charge is 2.29. The molecule has 2 aromatic rings. The average molecular weight is 544 g/mol. The molecular formula is C17H17ClF2IN3O3S. The molecule has 0 radical (unpaired) electrons. The molecule has 0 amide bonds. The molecule has 1 saturated heterocycles. The molecule has 3 rings (SSSR count). The highest BCUT2D eigenvalue weighted by molar-refractivity contribution is 14.1. The molecule has 1 aliphatic rings. The first-order valence-electron chi connectivity index (χ1n) is 8.33. The fourth-order valence-electron chi connectivity index (χ4n) is 2.83. The molecule has 0 bridgehead atoms. The zero-order chi connectivity index (χ0) is 20.5. The molecule has 1 atom stereocenters. The van der Waals surface area contributed by atoms with Crippen LogP contribution in [0.15, 0.2) is 30.3 Å². The molecule has 0 aliphatic carbocycles. The SMILES string of the molecule is O=S(=O)(Nc1ccc(F)c(F)c1Nc1ccc(I)cc1Cl)N1CCCC(O)C1. The Hall–Kier alpha value is -1.21. The zero-order valence-electron chi connectivity index (χ0n) is 14.4. The number of rotatable bonds is 5. The minimum Gasteiger partial charge on any atom is -0.392 e. The number of β-amino-alcohol motifs (C(OH)–C–C–N with tert-alkyl or cyclic N) is 1. The highest BCUT2D eigenvalue weighted by atomic mass is 127. The summed E-state index contributed by atoms with van der Waals surface area (Å²) in [4.78, 5) is 0. The first-order valence-corrected chi connectivity index (χ1v) is 11.2. The molecule has 11 heteroatoms. The standard InChI is InChI=1S/C17H17ClF2IN3O3S/c18-12-8-10(21)3-5-14(12)22-17-15(6-4-13(19)16(17)20)23-28(26,27)24-7-1-2-11(25)9-24/h3-6,8,11,22-23,25H,1-2,7,9H2. The van der Waals surface area contributed by atoms with Gasteiger partial charge in [-0.2, -0.15) is 12.7 Å². The van der Waals surface area contributed by atoms with Crippen molar-refractivity contribution in [3.8, 4) is 0 Å². The van der Waals surface area contributed by atoms with E-state index in [0.29, 0.717) is 18.5 Å². The summed E-state index contributed by atoms with van der Waals surface area (Å²) in [5.41, 5.74) is -0.266. The largest absolute Gasteiger partial charge is 0.392 e. The van der Waals surface area contributed by atoms with Crippen molar-refractivity contribution in [3.05, 3.63) is 50.6 Å². The summed E-state index contributed by atoms with van der Waals surface area (Å²) in [6.45, 7) is 0.159. The van der Waals surface area contributed by atoms with Crippen molar-refractivity contribution >= 4 is 61.5 Å². The van der Waals surface area contributed by atoms with E-state index in [1.807, 2.05) is 0 Å². The summed E-state index contributed by atoms with van der Waals surface area (Å²) < 4.78 is 57.7. The molecule has 1 aliphatic heterocycles. The Morgan fingerprint density at radius 2 is 1.93 bits per heavy atom. The van der Waals surface area contributed by atoms with Crippen LogP contribution in [0.25, 0.3) is 0 Å². The van der Waals surface area contributed by atoms with Gasteiger partial charge in [0.15, 0.2) is 11.6 Å². The van der Waals surface area contributed by atoms with Gasteiger partial charge in [0, 0.05) is 16.7 Å². The van der Waals surface area contributed by atoms with Crippen LogP contribution in [0, 0.1) is 15.2 Å². The van der Waals surface area contributed by atoms with Gasteiger partial charge in [0.05, 0.1) is 22.5 Å². The maximum absolute atomic E-state index is 14.5. The van der Waals surface area contributed by atoms with Crippen LogP contribution in [0.1, 0.15) is 12.8 Å². The van der Waals surface area contributed by atoms with Crippen LogP contribution < -0.4 is 10.0 Å². The molecule has 1 fully saturated rings. The quantitative estimate of drug-likeness (QED) is 0.497. The normalized spacial score (nSPS) is 18.1. The summed E-state index contributed by atoms with van der Waals surface area (Å²) in [7, 11) is -4.07. The Kier molecular flexibility index (Phi) is 6.65. The van der Waals surface area contributed by atoms with E-state index in [1.54, 1.807) is 18.2 Å². The van der Waals surface area contributed by atoms with Gasteiger partial charge in [-0.25, -0.2) is 8.78 Å². The van der Waals surface area contributed by atoms with Crippen molar-refractivity contribution < 1.29 is 22.3 Å². The third-order valence-corrected chi connectivity index (χ3v) is 6.70. The number of halogens is 4. The fourth-order valence-corrected chi connectivity index (χ4v) is 5.04. The number of nitrogens with zero attached hydrogens (tertiary/aromatic N) is 1. The van der Waals surface area contributed by atoms with E-state index < -0.39 is 27.9 Å². The van der Waals surface area contributed by atoms with E-state index in [1.165, 1.54) is 0 Å². The van der Waals surface area contributed by atoms with Crippen LogP contribution in [0.5, 0.6) is 0 Å². The van der Waals surface area contributed by atoms with Gasteiger partial charge in [-0.15, -0.1) is 0 Å². The zero-order valence-corrected chi connectivity index (χ0v) is 18.2. The van der Waals surface area contributed by atoms with Crippen LogP contribution in [0.3, 0.4) is 0 Å². The third kappa shape index (κ3) is 4.85. The Balaban J connectivity index is 1.94. The molecule has 6 nitrogen and oxygen atoms in total. The Morgan fingerprint density at radius 1 is 1.21 bits per heavy atom. The summed E-state index contributed by atoms with van der Waals surface area (Å²) in [6.07, 6.45) is 0.247. The smallest absolute Gasteiger partial charge is 0.301 e. The van der Waals surface area contributed by atoms with Crippen molar-refractivity contribution in [3.63, 3.8) is 0 Å². The van der Waals surface area contributed by atoms with Crippen molar-refractivity contribution in [1.82, 2.24) is 4.31 Å². The Labute approximate surface area is 180 Å². The van der Waals surface area contributed by atoms with Crippen LogP contribution in [-0.2, 0) is 10.2 Å². The molecule has 0 aromatic heterocycles. The van der Waals surface area contributed by atoms with Gasteiger partial charge in [0.1, 0.15) is 5.69 Å². The molecule has 152 valence electrons. The van der Waals surface area contributed by atoms with E-state index >= 15 is 0 Å². The second-order valence-corrected chi connectivity index (χ2v) is 9.62. The van der Waals surface area contributed by atoms with Crippen molar-refractivity contribution in [2.45, 2.75) is 18.9 Å². The molecular weight excluding hydrogens is 527 g/mol. The molecule has 0 saturated carbocycles. The first-order chi connectivity index (χ1) is 13.2. The molecule has 0 spiro atoms. The lowest BCUT2D eigenvalue weighted by Crippen LogP contribution is -2.44. The topological polar surface area (TPSA) is 81.7 Å². The van der Waals surface area contributed by atoms with Gasteiger partial charge in [-0.05, 0) is 65.8 Å². The van der Waals surface area contributed by atoms with E-state index in [-0.39, 0.29) is 29.5 Å². The predicted molar refractivity (Wildman–Crippen MR) is 113 cm³/mol. The van der Waals surface area contributed by atoms with Gasteiger partial charge in [0.2, 0.25) is 0 Å². The molecule has 1 heterocycles. The van der Waals surface area contributed by atoms with Gasteiger partial charge >= 0.3 is 10.2 Å². The number of benzene rings is 2. The molecule has 3 N–H and O–H groups in total. The lowest BCUT2D eigenvalue weighted by molar-refractivity contribution is 0.108. The van der Waals surface area contributed by atoms with E-state index in [0.717, 1.165) is 20.0 Å². The van der Waals surface area contributed by atoms with E-state index in [4.69, 9.17) is 11.6 Å². The maximum atomic E-state index is 14.5. The van der Waals surface area contributed by atoms with Gasteiger partial charge in [-0.1, -0.05) is 11.6 Å². The second kappa shape index (κ2) is 8.66. The summed E-state index contributed by atoms with van der Waals surface area (Å²) in [5.74, 6) is -2.38. The predicted octanol–water partition coefficient (Wildman–Crippen LogP) is 4.08. The van der Waals surface area contributed by atoms with Gasteiger partial charge in [0.25, 0.3) is 0 Å². The number of anilines is 3. The second-order valence-electron chi connectivity index (χ2n) is 6.29.